The van der Waals surface area contributed by atoms with E-state index in [9.17, 15) is 4.79 Å². The Labute approximate surface area is 200 Å². The lowest BCUT2D eigenvalue weighted by Crippen LogP contribution is -2.38. The van der Waals surface area contributed by atoms with E-state index in [2.05, 4.69) is 22.2 Å². The molecule has 1 aliphatic heterocycles. The van der Waals surface area contributed by atoms with Gasteiger partial charge in [0.05, 0.1) is 0 Å². The van der Waals surface area contributed by atoms with Crippen molar-refractivity contribution in [3.8, 4) is 17.4 Å². The second kappa shape index (κ2) is 12.2. The number of ether oxygens (including phenoxy) is 3. The van der Waals surface area contributed by atoms with Gasteiger partial charge in [-0.15, -0.1) is 0 Å². The van der Waals surface area contributed by atoms with E-state index in [-0.39, 0.29) is 11.8 Å². The molecule has 1 amide bonds. The molecule has 0 bridgehead atoms. The average Bonchev–Trinajstić information content (AvgIpc) is 2.89. The number of carbonyl (C=O) groups excluding carboxylic acids is 1. The van der Waals surface area contributed by atoms with Crippen LogP contribution in [0.4, 0.5) is 0 Å². The van der Waals surface area contributed by atoms with Crippen LogP contribution in [0.5, 0.6) is 17.4 Å². The van der Waals surface area contributed by atoms with E-state index in [4.69, 9.17) is 14.2 Å². The number of hydrogen-bond donors (Lipinski definition) is 1. The van der Waals surface area contributed by atoms with E-state index in [0.29, 0.717) is 30.5 Å². The normalized spacial score (nSPS) is 14.1. The molecule has 2 heterocycles. The minimum absolute atomic E-state index is 0.247. The smallest absolute Gasteiger partial charge is 0.257 e. The van der Waals surface area contributed by atoms with Gasteiger partial charge in [0.2, 0.25) is 5.88 Å². The van der Waals surface area contributed by atoms with Gasteiger partial charge in [0.1, 0.15) is 23.7 Å². The third kappa shape index (κ3) is 6.79. The van der Waals surface area contributed by atoms with E-state index in [0.717, 1.165) is 43.9 Å². The van der Waals surface area contributed by atoms with Crippen molar-refractivity contribution in [2.75, 3.05) is 33.4 Å². The van der Waals surface area contributed by atoms with Crippen molar-refractivity contribution in [2.45, 2.75) is 25.4 Å². The Hall–Kier alpha value is -3.42. The zero-order valence-electron chi connectivity index (χ0n) is 19.5. The number of para-hydroxylation sites is 1. The summed E-state index contributed by atoms with van der Waals surface area (Å²) < 4.78 is 17.2. The Morgan fingerprint density at radius 1 is 1.06 bits per heavy atom. The number of hydrogen-bond acceptors (Lipinski definition) is 6. The fourth-order valence-corrected chi connectivity index (χ4v) is 3.88. The van der Waals surface area contributed by atoms with Crippen LogP contribution >= 0.6 is 0 Å². The van der Waals surface area contributed by atoms with Crippen molar-refractivity contribution in [1.29, 1.82) is 0 Å². The quantitative estimate of drug-likeness (QED) is 0.486. The number of amides is 1. The number of aromatic nitrogens is 1. The molecule has 0 aliphatic carbocycles. The minimum atomic E-state index is -0.247. The summed E-state index contributed by atoms with van der Waals surface area (Å²) in [6.07, 6.45) is 3.75. The molecule has 0 saturated carbocycles. The van der Waals surface area contributed by atoms with Crippen molar-refractivity contribution >= 4 is 5.91 Å². The molecule has 1 aromatic heterocycles. The second-order valence-electron chi connectivity index (χ2n) is 8.27. The number of nitrogens with one attached hydrogen (secondary N) is 1. The molecule has 34 heavy (non-hydrogen) atoms. The van der Waals surface area contributed by atoms with Crippen molar-refractivity contribution in [2.24, 2.45) is 0 Å². The molecule has 1 saturated heterocycles. The van der Waals surface area contributed by atoms with Gasteiger partial charge in [-0.25, -0.2) is 4.98 Å². The molecule has 1 fully saturated rings. The van der Waals surface area contributed by atoms with Gasteiger partial charge in [-0.05, 0) is 61.9 Å². The first-order valence-electron chi connectivity index (χ1n) is 11.6. The van der Waals surface area contributed by atoms with E-state index in [1.807, 2.05) is 54.6 Å². The highest BCUT2D eigenvalue weighted by Gasteiger charge is 2.18. The topological polar surface area (TPSA) is 72.9 Å². The molecule has 2 aromatic carbocycles. The maximum absolute atomic E-state index is 12.8. The van der Waals surface area contributed by atoms with Gasteiger partial charge in [-0.1, -0.05) is 30.3 Å². The Morgan fingerprint density at radius 2 is 1.85 bits per heavy atom. The van der Waals surface area contributed by atoms with Crippen LogP contribution < -0.4 is 14.8 Å². The van der Waals surface area contributed by atoms with Crippen LogP contribution in [0, 0.1) is 0 Å². The molecule has 0 radical (unpaired) electrons. The molecule has 0 unspecified atom stereocenters. The first-order chi connectivity index (χ1) is 16.7. The van der Waals surface area contributed by atoms with Crippen LogP contribution in [0.15, 0.2) is 72.9 Å². The number of benzene rings is 2. The summed E-state index contributed by atoms with van der Waals surface area (Å²) >= 11 is 0. The van der Waals surface area contributed by atoms with Crippen LogP contribution in [-0.4, -0.2) is 55.2 Å². The van der Waals surface area contributed by atoms with Gasteiger partial charge in [0.25, 0.3) is 5.91 Å². The van der Waals surface area contributed by atoms with Crippen LogP contribution in [-0.2, 0) is 11.3 Å². The molecular formula is C27H31N3O4. The van der Waals surface area contributed by atoms with E-state index in [1.54, 1.807) is 18.3 Å². The molecule has 178 valence electrons. The summed E-state index contributed by atoms with van der Waals surface area (Å²) in [5, 5.41) is 2.95. The minimum Gasteiger partial charge on any atom is -0.492 e. The van der Waals surface area contributed by atoms with Gasteiger partial charge in [-0.2, -0.15) is 0 Å². The maximum Gasteiger partial charge on any atom is 0.257 e. The second-order valence-corrected chi connectivity index (χ2v) is 8.27. The van der Waals surface area contributed by atoms with Crippen LogP contribution in [0.3, 0.4) is 0 Å². The zero-order valence-corrected chi connectivity index (χ0v) is 19.5. The number of carbonyl (C=O) groups is 1. The average molecular weight is 462 g/mol. The number of nitrogens with zero attached hydrogens (tertiary/aromatic N) is 2. The first-order valence-corrected chi connectivity index (χ1v) is 11.6. The molecule has 1 aliphatic rings. The first kappa shape index (κ1) is 23.7. The molecule has 4 rings (SSSR count). The fraction of sp³-hybridized carbons (Fsp3) is 0.333. The molecule has 0 spiro atoms. The summed E-state index contributed by atoms with van der Waals surface area (Å²) in [6.45, 7) is 3.51. The number of pyridine rings is 1. The summed E-state index contributed by atoms with van der Waals surface area (Å²) in [5.74, 6) is 1.45. The summed E-state index contributed by atoms with van der Waals surface area (Å²) in [7, 11) is 2.14. The Kier molecular flexibility index (Phi) is 8.48. The van der Waals surface area contributed by atoms with Gasteiger partial charge in [0, 0.05) is 38.5 Å². The van der Waals surface area contributed by atoms with Crippen molar-refractivity contribution in [3.05, 3.63) is 84.1 Å². The lowest BCUT2D eigenvalue weighted by atomic mass is 10.1. The Bertz CT molecular complexity index is 1050. The Morgan fingerprint density at radius 3 is 2.68 bits per heavy atom. The van der Waals surface area contributed by atoms with Crippen molar-refractivity contribution in [3.63, 3.8) is 0 Å². The van der Waals surface area contributed by atoms with E-state index < -0.39 is 0 Å². The third-order valence-corrected chi connectivity index (χ3v) is 5.85. The van der Waals surface area contributed by atoms with E-state index >= 15 is 0 Å². The van der Waals surface area contributed by atoms with Crippen LogP contribution in [0.1, 0.15) is 28.8 Å². The predicted molar refractivity (Wildman–Crippen MR) is 130 cm³/mol. The number of likely N-dealkylation sites (N-methyl/N-ethyl adjacent to an activating group) is 1. The highest BCUT2D eigenvalue weighted by molar-refractivity contribution is 5.96. The van der Waals surface area contributed by atoms with Crippen LogP contribution in [0.2, 0.25) is 0 Å². The van der Waals surface area contributed by atoms with Crippen LogP contribution in [0.25, 0.3) is 0 Å². The maximum atomic E-state index is 12.8. The Balaban J connectivity index is 1.29. The summed E-state index contributed by atoms with van der Waals surface area (Å²) in [6, 6.07) is 21.1. The molecular weight excluding hydrogens is 430 g/mol. The largest absolute Gasteiger partial charge is 0.492 e. The lowest BCUT2D eigenvalue weighted by Gasteiger charge is -2.31. The SMILES string of the molecule is CN(CCOc1cccc(CNC(=O)c2cccnc2Oc2ccccc2)c1)C1CCOCC1. The highest BCUT2D eigenvalue weighted by atomic mass is 16.5. The third-order valence-electron chi connectivity index (χ3n) is 5.85. The van der Waals surface area contributed by atoms with Crippen molar-refractivity contribution in [1.82, 2.24) is 15.2 Å². The van der Waals surface area contributed by atoms with Gasteiger partial charge in [-0.3, -0.25) is 9.69 Å². The van der Waals surface area contributed by atoms with Gasteiger partial charge >= 0.3 is 0 Å². The lowest BCUT2D eigenvalue weighted by molar-refractivity contribution is 0.0392. The highest BCUT2D eigenvalue weighted by Crippen LogP contribution is 2.22. The molecule has 0 atom stereocenters. The fourth-order valence-electron chi connectivity index (χ4n) is 3.88. The van der Waals surface area contributed by atoms with E-state index in [1.165, 1.54) is 0 Å². The molecule has 3 aromatic rings. The molecule has 7 nitrogen and oxygen atoms in total. The molecule has 1 N–H and O–H groups in total. The monoisotopic (exact) mass is 461 g/mol. The van der Waals surface area contributed by atoms with Gasteiger partial charge < -0.3 is 19.5 Å². The summed E-state index contributed by atoms with van der Waals surface area (Å²) in [5.41, 5.74) is 1.34. The van der Waals surface area contributed by atoms with Gasteiger partial charge in [0.15, 0.2) is 0 Å². The zero-order chi connectivity index (χ0) is 23.6. The molecule has 7 heteroatoms. The standard InChI is InChI=1S/C27H31N3O4/c1-30(22-12-16-32-17-13-22)15-18-33-24-10-5-7-21(19-24)20-29-26(31)25-11-6-14-28-27(25)34-23-8-3-2-4-9-23/h2-11,14,19,22H,12-13,15-18,20H2,1H3,(H,29,31). The van der Waals surface area contributed by atoms with Crippen molar-refractivity contribution < 1.29 is 19.0 Å². The number of rotatable bonds is 10. The predicted octanol–water partition coefficient (Wildman–Crippen LogP) is 4.29. The summed E-state index contributed by atoms with van der Waals surface area (Å²) in [4.78, 5) is 19.4.